The standard InChI is InChI=1S/C17H17N3O2/c1-3-5-11-21-16-12-15(18-13-19-16)17(20-22-4-2)14-9-7-6-8-10-14/h6-10,12-13H,4,11H2,1-2H3. The first-order chi connectivity index (χ1) is 10.8. The Labute approximate surface area is 130 Å². The molecule has 1 heterocycles. The van der Waals surface area contributed by atoms with Crippen molar-refractivity contribution in [2.75, 3.05) is 13.2 Å². The van der Waals surface area contributed by atoms with Gasteiger partial charge in [0.25, 0.3) is 0 Å². The Morgan fingerprint density at radius 2 is 2.05 bits per heavy atom. The van der Waals surface area contributed by atoms with Gasteiger partial charge in [0.05, 0.1) is 5.69 Å². The summed E-state index contributed by atoms with van der Waals surface area (Å²) in [5.74, 6) is 6.04. The van der Waals surface area contributed by atoms with E-state index in [1.807, 2.05) is 37.3 Å². The van der Waals surface area contributed by atoms with Crippen LogP contribution in [-0.4, -0.2) is 28.9 Å². The van der Waals surface area contributed by atoms with E-state index in [-0.39, 0.29) is 6.61 Å². The highest BCUT2D eigenvalue weighted by atomic mass is 16.6. The molecule has 0 fully saturated rings. The van der Waals surface area contributed by atoms with E-state index in [4.69, 9.17) is 9.57 Å². The third-order valence-electron chi connectivity index (χ3n) is 2.69. The second-order valence-corrected chi connectivity index (χ2v) is 4.18. The predicted octanol–water partition coefficient (Wildman–Crippen LogP) is 2.67. The lowest BCUT2D eigenvalue weighted by Crippen LogP contribution is -2.08. The Balaban J connectivity index is 2.31. The van der Waals surface area contributed by atoms with Crippen LogP contribution in [0.3, 0.4) is 0 Å². The first-order valence-electron chi connectivity index (χ1n) is 6.95. The second-order valence-electron chi connectivity index (χ2n) is 4.18. The van der Waals surface area contributed by atoms with Crippen LogP contribution < -0.4 is 4.74 Å². The molecule has 0 radical (unpaired) electrons. The first-order valence-corrected chi connectivity index (χ1v) is 6.95. The molecule has 2 rings (SSSR count). The highest BCUT2D eigenvalue weighted by Crippen LogP contribution is 2.13. The molecule has 0 aliphatic heterocycles. The molecule has 5 heteroatoms. The van der Waals surface area contributed by atoms with E-state index in [9.17, 15) is 0 Å². The molecule has 0 atom stereocenters. The van der Waals surface area contributed by atoms with Crippen LogP contribution >= 0.6 is 0 Å². The van der Waals surface area contributed by atoms with Gasteiger partial charge in [0.1, 0.15) is 18.6 Å². The molecule has 1 aromatic carbocycles. The quantitative estimate of drug-likeness (QED) is 0.467. The number of aromatic nitrogens is 2. The summed E-state index contributed by atoms with van der Waals surface area (Å²) in [6, 6.07) is 11.4. The smallest absolute Gasteiger partial charge is 0.217 e. The summed E-state index contributed by atoms with van der Waals surface area (Å²) in [5, 5.41) is 4.16. The van der Waals surface area contributed by atoms with Crippen molar-refractivity contribution in [2.45, 2.75) is 13.8 Å². The summed E-state index contributed by atoms with van der Waals surface area (Å²) in [6.07, 6.45) is 1.44. The molecule has 0 saturated carbocycles. The van der Waals surface area contributed by atoms with Crippen molar-refractivity contribution in [3.05, 3.63) is 54.0 Å². The molecule has 22 heavy (non-hydrogen) atoms. The van der Waals surface area contributed by atoms with Crippen molar-refractivity contribution in [1.82, 2.24) is 9.97 Å². The zero-order chi connectivity index (χ0) is 15.6. The number of rotatable bonds is 6. The van der Waals surface area contributed by atoms with Gasteiger partial charge in [-0.15, -0.1) is 5.92 Å². The van der Waals surface area contributed by atoms with E-state index < -0.39 is 0 Å². The third-order valence-corrected chi connectivity index (χ3v) is 2.69. The molecule has 0 bridgehead atoms. The number of hydrogen-bond donors (Lipinski definition) is 0. The van der Waals surface area contributed by atoms with E-state index in [2.05, 4.69) is 27.0 Å². The molecule has 0 spiro atoms. The lowest BCUT2D eigenvalue weighted by molar-refractivity contribution is 0.159. The van der Waals surface area contributed by atoms with Crippen molar-refractivity contribution < 1.29 is 9.57 Å². The first kappa shape index (κ1) is 15.5. The van der Waals surface area contributed by atoms with Crippen LogP contribution in [0.25, 0.3) is 0 Å². The summed E-state index contributed by atoms with van der Waals surface area (Å²) < 4.78 is 5.46. The molecule has 0 aliphatic carbocycles. The maximum Gasteiger partial charge on any atom is 0.217 e. The van der Waals surface area contributed by atoms with Gasteiger partial charge < -0.3 is 9.57 Å². The average molecular weight is 295 g/mol. The predicted molar refractivity (Wildman–Crippen MR) is 84.7 cm³/mol. The zero-order valence-electron chi connectivity index (χ0n) is 12.6. The summed E-state index contributed by atoms with van der Waals surface area (Å²) >= 11 is 0. The third kappa shape index (κ3) is 4.32. The highest BCUT2D eigenvalue weighted by molar-refractivity contribution is 6.11. The van der Waals surface area contributed by atoms with E-state index in [0.29, 0.717) is 23.9 Å². The molecule has 0 unspecified atom stereocenters. The van der Waals surface area contributed by atoms with Crippen LogP contribution in [-0.2, 0) is 4.84 Å². The minimum absolute atomic E-state index is 0.288. The second kappa shape index (κ2) is 8.42. The van der Waals surface area contributed by atoms with Gasteiger partial charge in [-0.2, -0.15) is 0 Å². The lowest BCUT2D eigenvalue weighted by Gasteiger charge is -2.07. The lowest BCUT2D eigenvalue weighted by atomic mass is 10.1. The van der Waals surface area contributed by atoms with E-state index in [0.717, 1.165) is 5.56 Å². The average Bonchev–Trinajstić information content (AvgIpc) is 2.57. The maximum atomic E-state index is 5.46. The van der Waals surface area contributed by atoms with Crippen molar-refractivity contribution >= 4 is 5.71 Å². The van der Waals surface area contributed by atoms with Gasteiger partial charge >= 0.3 is 0 Å². The summed E-state index contributed by atoms with van der Waals surface area (Å²) in [7, 11) is 0. The van der Waals surface area contributed by atoms with E-state index >= 15 is 0 Å². The van der Waals surface area contributed by atoms with Crippen molar-refractivity contribution in [2.24, 2.45) is 5.16 Å². The molecule has 1 aromatic heterocycles. The molecule has 112 valence electrons. The molecular weight excluding hydrogens is 278 g/mol. The van der Waals surface area contributed by atoms with Gasteiger partial charge in [-0.25, -0.2) is 9.97 Å². The molecule has 2 aromatic rings. The zero-order valence-corrected chi connectivity index (χ0v) is 12.6. The van der Waals surface area contributed by atoms with Crippen LogP contribution in [0.1, 0.15) is 25.1 Å². The van der Waals surface area contributed by atoms with E-state index in [1.165, 1.54) is 6.33 Å². The van der Waals surface area contributed by atoms with Gasteiger partial charge in [-0.3, -0.25) is 0 Å². The fourth-order valence-corrected chi connectivity index (χ4v) is 1.70. The fourth-order valence-electron chi connectivity index (χ4n) is 1.70. The molecule has 0 aliphatic rings. The van der Waals surface area contributed by atoms with Crippen LogP contribution in [0.5, 0.6) is 5.88 Å². The monoisotopic (exact) mass is 295 g/mol. The maximum absolute atomic E-state index is 5.46. The minimum Gasteiger partial charge on any atom is -0.464 e. The van der Waals surface area contributed by atoms with Gasteiger partial charge in [0, 0.05) is 11.6 Å². The molecule has 0 saturated heterocycles. The van der Waals surface area contributed by atoms with Crippen LogP contribution in [0, 0.1) is 11.8 Å². The summed E-state index contributed by atoms with van der Waals surface area (Å²) in [6.45, 7) is 4.41. The number of benzene rings is 1. The number of hydrogen-bond acceptors (Lipinski definition) is 5. The Bertz CT molecular complexity index is 688. The summed E-state index contributed by atoms with van der Waals surface area (Å²) in [4.78, 5) is 13.5. The molecule has 0 N–H and O–H groups in total. The Hall–Kier alpha value is -2.87. The van der Waals surface area contributed by atoms with Crippen LogP contribution in [0.2, 0.25) is 0 Å². The van der Waals surface area contributed by atoms with Gasteiger partial charge in [0.15, 0.2) is 6.61 Å². The molecule has 5 nitrogen and oxygen atoms in total. The van der Waals surface area contributed by atoms with Crippen LogP contribution in [0.4, 0.5) is 0 Å². The van der Waals surface area contributed by atoms with Gasteiger partial charge in [-0.05, 0) is 13.8 Å². The van der Waals surface area contributed by atoms with E-state index in [1.54, 1.807) is 13.0 Å². The SMILES string of the molecule is CC#CCOc1cc(C(=NOCC)c2ccccc2)ncn1. The van der Waals surface area contributed by atoms with Crippen molar-refractivity contribution in [3.63, 3.8) is 0 Å². The molecule has 0 amide bonds. The minimum atomic E-state index is 0.288. The number of oxime groups is 1. The highest BCUT2D eigenvalue weighted by Gasteiger charge is 2.11. The van der Waals surface area contributed by atoms with Crippen molar-refractivity contribution in [3.8, 4) is 17.7 Å². The Kier molecular flexibility index (Phi) is 5.94. The number of ether oxygens (including phenoxy) is 1. The Morgan fingerprint density at radius 1 is 1.23 bits per heavy atom. The number of nitrogens with zero attached hydrogens (tertiary/aromatic N) is 3. The normalized spacial score (nSPS) is 10.5. The van der Waals surface area contributed by atoms with Crippen molar-refractivity contribution in [1.29, 1.82) is 0 Å². The van der Waals surface area contributed by atoms with Gasteiger partial charge in [0.2, 0.25) is 5.88 Å². The van der Waals surface area contributed by atoms with Gasteiger partial charge in [-0.1, -0.05) is 41.4 Å². The molecular formula is C17H17N3O2. The topological polar surface area (TPSA) is 56.6 Å². The largest absolute Gasteiger partial charge is 0.464 e. The van der Waals surface area contributed by atoms with Crippen LogP contribution in [0.15, 0.2) is 47.9 Å². The summed E-state index contributed by atoms with van der Waals surface area (Å²) in [5.41, 5.74) is 2.18. The fraction of sp³-hybridized carbons (Fsp3) is 0.235. The Morgan fingerprint density at radius 3 is 2.77 bits per heavy atom.